The summed E-state index contributed by atoms with van der Waals surface area (Å²) in [7, 11) is 0. The molecule has 2 aromatic rings. The molecule has 0 radical (unpaired) electrons. The second-order valence-corrected chi connectivity index (χ2v) is 7.43. The number of aromatic nitrogens is 1. The highest BCUT2D eigenvalue weighted by molar-refractivity contribution is 9.10. The molecule has 0 aliphatic carbocycles. The van der Waals surface area contributed by atoms with Gasteiger partial charge in [0, 0.05) is 21.4 Å². The highest BCUT2D eigenvalue weighted by atomic mass is 79.9. The molecule has 0 saturated carbocycles. The van der Waals surface area contributed by atoms with Crippen molar-refractivity contribution in [1.82, 2.24) is 10.3 Å². The number of halogens is 1. The van der Waals surface area contributed by atoms with E-state index in [4.69, 9.17) is 0 Å². The van der Waals surface area contributed by atoms with Crippen LogP contribution in [0.5, 0.6) is 0 Å². The molecule has 1 aromatic carbocycles. The van der Waals surface area contributed by atoms with Gasteiger partial charge in [0.1, 0.15) is 0 Å². The van der Waals surface area contributed by atoms with Gasteiger partial charge < -0.3 is 5.32 Å². The van der Waals surface area contributed by atoms with Crippen molar-refractivity contribution in [2.45, 2.75) is 39.8 Å². The highest BCUT2D eigenvalue weighted by Crippen LogP contribution is 2.24. The van der Waals surface area contributed by atoms with E-state index in [1.54, 1.807) is 11.3 Å². The fraction of sp³-hybridized carbons (Fsp3) is 0.400. The Balaban J connectivity index is 2.09. The van der Waals surface area contributed by atoms with Crippen LogP contribution in [0.3, 0.4) is 0 Å². The molecular formula is C15H19BrN2S. The molecule has 0 saturated heterocycles. The molecule has 2 nitrogen and oxygen atoms in total. The summed E-state index contributed by atoms with van der Waals surface area (Å²) in [5, 5.41) is 4.76. The molecule has 1 heterocycles. The topological polar surface area (TPSA) is 24.9 Å². The van der Waals surface area contributed by atoms with Gasteiger partial charge in [-0.25, -0.2) is 4.98 Å². The molecule has 0 bridgehead atoms. The van der Waals surface area contributed by atoms with Gasteiger partial charge in [-0.2, -0.15) is 0 Å². The molecule has 19 heavy (non-hydrogen) atoms. The lowest BCUT2D eigenvalue weighted by Crippen LogP contribution is -2.35. The minimum absolute atomic E-state index is 0.0506. The summed E-state index contributed by atoms with van der Waals surface area (Å²) < 4.78 is 1.11. The molecule has 102 valence electrons. The number of nitrogens with zero attached hydrogens (tertiary/aromatic N) is 1. The first kappa shape index (κ1) is 14.7. The van der Waals surface area contributed by atoms with E-state index in [0.29, 0.717) is 0 Å². The largest absolute Gasteiger partial charge is 0.303 e. The number of rotatable bonds is 4. The second-order valence-electron chi connectivity index (χ2n) is 5.23. The van der Waals surface area contributed by atoms with Crippen LogP contribution < -0.4 is 5.32 Å². The Morgan fingerprint density at radius 2 is 1.84 bits per heavy atom. The van der Waals surface area contributed by atoms with Crippen LogP contribution in [0, 0.1) is 13.8 Å². The molecule has 0 spiro atoms. The molecule has 1 N–H and O–H groups in total. The lowest BCUT2D eigenvalue weighted by atomic mass is 9.94. The van der Waals surface area contributed by atoms with Crippen molar-refractivity contribution < 1.29 is 0 Å². The van der Waals surface area contributed by atoms with Crippen molar-refractivity contribution in [2.24, 2.45) is 0 Å². The zero-order valence-corrected chi connectivity index (χ0v) is 14.2. The predicted octanol–water partition coefficient (Wildman–Crippen LogP) is 4.55. The van der Waals surface area contributed by atoms with E-state index in [0.717, 1.165) is 21.7 Å². The quantitative estimate of drug-likeness (QED) is 0.884. The fourth-order valence-corrected chi connectivity index (χ4v) is 3.15. The molecule has 0 fully saturated rings. The Labute approximate surface area is 127 Å². The van der Waals surface area contributed by atoms with E-state index >= 15 is 0 Å². The molecule has 4 heteroatoms. The maximum absolute atomic E-state index is 4.47. The lowest BCUT2D eigenvalue weighted by Gasteiger charge is -2.27. The van der Waals surface area contributed by atoms with Crippen LogP contribution in [0.15, 0.2) is 28.7 Å². The Morgan fingerprint density at radius 3 is 2.37 bits per heavy atom. The van der Waals surface area contributed by atoms with Gasteiger partial charge in [0.15, 0.2) is 0 Å². The van der Waals surface area contributed by atoms with E-state index in [2.05, 4.69) is 78.2 Å². The number of aryl methyl sites for hydroxylation is 2. The third-order valence-corrected chi connectivity index (χ3v) is 4.86. The standard InChI is InChI=1S/C15H19BrN2S/c1-10-14(19-11(2)18-10)9-17-15(3,4)12-5-7-13(16)8-6-12/h5-8,17H,9H2,1-4H3. The first-order valence-electron chi connectivity index (χ1n) is 6.32. The van der Waals surface area contributed by atoms with Gasteiger partial charge >= 0.3 is 0 Å². The maximum atomic E-state index is 4.47. The van der Waals surface area contributed by atoms with Gasteiger partial charge in [-0.3, -0.25) is 0 Å². The SMILES string of the molecule is Cc1nc(C)c(CNC(C)(C)c2ccc(Br)cc2)s1. The summed E-state index contributed by atoms with van der Waals surface area (Å²) >= 11 is 5.24. The zero-order valence-electron chi connectivity index (χ0n) is 11.7. The first-order valence-corrected chi connectivity index (χ1v) is 7.93. The molecule has 0 atom stereocenters. The van der Waals surface area contributed by atoms with E-state index < -0.39 is 0 Å². The number of hydrogen-bond donors (Lipinski definition) is 1. The first-order chi connectivity index (χ1) is 8.88. The van der Waals surface area contributed by atoms with E-state index in [9.17, 15) is 0 Å². The summed E-state index contributed by atoms with van der Waals surface area (Å²) in [6.07, 6.45) is 0. The van der Waals surface area contributed by atoms with Gasteiger partial charge in [-0.05, 0) is 45.4 Å². The van der Waals surface area contributed by atoms with Crippen molar-refractivity contribution >= 4 is 27.3 Å². The van der Waals surface area contributed by atoms with Gasteiger partial charge in [0.2, 0.25) is 0 Å². The van der Waals surface area contributed by atoms with Gasteiger partial charge in [-0.1, -0.05) is 28.1 Å². The van der Waals surface area contributed by atoms with Crippen molar-refractivity contribution in [3.05, 3.63) is 49.9 Å². The number of nitrogens with one attached hydrogen (secondary N) is 1. The minimum Gasteiger partial charge on any atom is -0.303 e. The molecule has 0 aliphatic heterocycles. The van der Waals surface area contributed by atoms with E-state index in [-0.39, 0.29) is 5.54 Å². The Bertz CT molecular complexity index is 558. The summed E-state index contributed by atoms with van der Waals surface area (Å²) in [4.78, 5) is 5.79. The Hall–Kier alpha value is -0.710. The third kappa shape index (κ3) is 3.65. The van der Waals surface area contributed by atoms with E-state index in [1.165, 1.54) is 10.4 Å². The second kappa shape index (κ2) is 5.73. The highest BCUT2D eigenvalue weighted by Gasteiger charge is 2.20. The summed E-state index contributed by atoms with van der Waals surface area (Å²) in [6, 6.07) is 8.48. The number of thiazole rings is 1. The Kier molecular flexibility index (Phi) is 4.43. The minimum atomic E-state index is -0.0506. The average molecular weight is 339 g/mol. The Morgan fingerprint density at radius 1 is 1.21 bits per heavy atom. The smallest absolute Gasteiger partial charge is 0.0900 e. The number of hydrogen-bond acceptors (Lipinski definition) is 3. The summed E-state index contributed by atoms with van der Waals surface area (Å²) in [5.74, 6) is 0. The van der Waals surface area contributed by atoms with Crippen molar-refractivity contribution in [2.75, 3.05) is 0 Å². The molecule has 0 unspecified atom stereocenters. The lowest BCUT2D eigenvalue weighted by molar-refractivity contribution is 0.402. The van der Waals surface area contributed by atoms with Crippen LogP contribution in [0.2, 0.25) is 0 Å². The van der Waals surface area contributed by atoms with Crippen molar-refractivity contribution in [3.63, 3.8) is 0 Å². The van der Waals surface area contributed by atoms with Crippen molar-refractivity contribution in [3.8, 4) is 0 Å². The molecule has 0 aliphatic rings. The van der Waals surface area contributed by atoms with Crippen LogP contribution in [0.1, 0.15) is 35.0 Å². The van der Waals surface area contributed by atoms with Crippen molar-refractivity contribution in [1.29, 1.82) is 0 Å². The summed E-state index contributed by atoms with van der Waals surface area (Å²) in [5.41, 5.74) is 2.38. The van der Waals surface area contributed by atoms with E-state index in [1.807, 2.05) is 0 Å². The fourth-order valence-electron chi connectivity index (χ4n) is 2.01. The monoisotopic (exact) mass is 338 g/mol. The van der Waals surface area contributed by atoms with Gasteiger partial charge in [0.05, 0.1) is 10.7 Å². The molecular weight excluding hydrogens is 320 g/mol. The van der Waals surface area contributed by atoms with Crippen LogP contribution in [-0.2, 0) is 12.1 Å². The normalized spacial score (nSPS) is 11.8. The maximum Gasteiger partial charge on any atom is 0.0900 e. The zero-order chi connectivity index (χ0) is 14.0. The van der Waals surface area contributed by atoms with Gasteiger partial charge in [0.25, 0.3) is 0 Å². The molecule has 2 rings (SSSR count). The average Bonchev–Trinajstić information content (AvgIpc) is 2.66. The summed E-state index contributed by atoms with van der Waals surface area (Å²) in [6.45, 7) is 9.41. The van der Waals surface area contributed by atoms with Crippen LogP contribution in [0.4, 0.5) is 0 Å². The van der Waals surface area contributed by atoms with Crippen LogP contribution >= 0.6 is 27.3 Å². The number of benzene rings is 1. The van der Waals surface area contributed by atoms with Crippen LogP contribution in [0.25, 0.3) is 0 Å². The third-order valence-electron chi connectivity index (χ3n) is 3.26. The van der Waals surface area contributed by atoms with Gasteiger partial charge in [-0.15, -0.1) is 11.3 Å². The van der Waals surface area contributed by atoms with Crippen LogP contribution in [-0.4, -0.2) is 4.98 Å². The predicted molar refractivity (Wildman–Crippen MR) is 85.6 cm³/mol. The molecule has 0 amide bonds. The molecule has 1 aromatic heterocycles.